The van der Waals surface area contributed by atoms with E-state index in [1.54, 1.807) is 0 Å². The van der Waals surface area contributed by atoms with Crippen LogP contribution in [-0.4, -0.2) is 13.3 Å². The highest BCUT2D eigenvalue weighted by Crippen LogP contribution is 2.43. The van der Waals surface area contributed by atoms with Crippen molar-refractivity contribution in [1.29, 1.82) is 0 Å². The molecule has 1 aliphatic carbocycles. The number of pyridine rings is 1. The average Bonchev–Trinajstić information content (AvgIpc) is 2.59. The molecular weight excluding hydrogens is 306 g/mol. The predicted octanol–water partition coefficient (Wildman–Crippen LogP) is 4.85. The molecule has 0 saturated heterocycles. The van der Waals surface area contributed by atoms with Gasteiger partial charge in [-0.2, -0.15) is 0 Å². The normalized spacial score (nSPS) is 20.0. The van der Waals surface area contributed by atoms with Crippen molar-refractivity contribution in [2.24, 2.45) is 0 Å². The summed E-state index contributed by atoms with van der Waals surface area (Å²) in [5.74, 6) is 0. The van der Waals surface area contributed by atoms with Gasteiger partial charge >= 0.3 is 0 Å². The Kier molecular flexibility index (Phi) is 3.73. The Balaban J connectivity index is 2.22. The Hall–Kier alpha value is -0.193. The number of hydrogen-bond acceptors (Lipinski definition) is 2. The minimum atomic E-state index is -1.70. The van der Waals surface area contributed by atoms with Gasteiger partial charge in [-0.05, 0) is 53.0 Å². The summed E-state index contributed by atoms with van der Waals surface area (Å²) in [7, 11) is -1.70. The molecule has 1 aliphatic rings. The molecule has 100 valence electrons. The van der Waals surface area contributed by atoms with E-state index in [4.69, 9.17) is 4.43 Å². The van der Waals surface area contributed by atoms with E-state index in [2.05, 4.69) is 60.8 Å². The maximum atomic E-state index is 6.52. The molecule has 0 spiro atoms. The Morgan fingerprint density at radius 2 is 2.06 bits per heavy atom. The van der Waals surface area contributed by atoms with Crippen molar-refractivity contribution in [3.05, 3.63) is 28.0 Å². The van der Waals surface area contributed by atoms with Crippen LogP contribution in [0.15, 0.2) is 16.7 Å². The molecule has 0 N–H and O–H groups in total. The Labute approximate surface area is 119 Å². The van der Waals surface area contributed by atoms with Crippen LogP contribution in [0.4, 0.5) is 0 Å². The summed E-state index contributed by atoms with van der Waals surface area (Å²) in [5.41, 5.74) is 2.50. The second-order valence-corrected chi connectivity index (χ2v) is 12.3. The Bertz CT molecular complexity index is 454. The Morgan fingerprint density at radius 1 is 1.39 bits per heavy atom. The lowest BCUT2D eigenvalue weighted by molar-refractivity contribution is 0.185. The van der Waals surface area contributed by atoms with Crippen molar-refractivity contribution in [3.8, 4) is 0 Å². The van der Waals surface area contributed by atoms with Crippen molar-refractivity contribution in [2.45, 2.75) is 57.8 Å². The van der Waals surface area contributed by atoms with Gasteiger partial charge in [-0.15, -0.1) is 0 Å². The van der Waals surface area contributed by atoms with Gasteiger partial charge in [-0.25, -0.2) is 0 Å². The highest BCUT2D eigenvalue weighted by atomic mass is 79.9. The van der Waals surface area contributed by atoms with Crippen LogP contribution in [0.5, 0.6) is 0 Å². The van der Waals surface area contributed by atoms with E-state index in [1.807, 2.05) is 6.20 Å². The maximum absolute atomic E-state index is 6.52. The minimum absolute atomic E-state index is 0.242. The van der Waals surface area contributed by atoms with Crippen LogP contribution in [0.25, 0.3) is 0 Å². The molecule has 2 nitrogen and oxygen atoms in total. The first kappa shape index (κ1) is 14.2. The van der Waals surface area contributed by atoms with E-state index < -0.39 is 8.32 Å². The van der Waals surface area contributed by atoms with Gasteiger partial charge in [0.25, 0.3) is 0 Å². The zero-order valence-corrected chi connectivity index (χ0v) is 14.5. The molecule has 1 atom stereocenters. The van der Waals surface area contributed by atoms with Gasteiger partial charge in [-0.3, -0.25) is 4.98 Å². The van der Waals surface area contributed by atoms with Crippen molar-refractivity contribution in [3.63, 3.8) is 0 Å². The van der Waals surface area contributed by atoms with E-state index in [9.17, 15) is 0 Å². The van der Waals surface area contributed by atoms with E-state index in [0.29, 0.717) is 0 Å². The third kappa shape index (κ3) is 2.70. The summed E-state index contributed by atoms with van der Waals surface area (Å²) in [6.07, 6.45) is 4.24. The van der Waals surface area contributed by atoms with Crippen molar-refractivity contribution in [2.75, 3.05) is 0 Å². The number of fused-ring (bicyclic) bond motifs is 1. The maximum Gasteiger partial charge on any atom is 0.192 e. The fourth-order valence-electron chi connectivity index (χ4n) is 2.05. The smallest absolute Gasteiger partial charge is 0.192 e. The van der Waals surface area contributed by atoms with Crippen molar-refractivity contribution >= 4 is 24.2 Å². The summed E-state index contributed by atoms with van der Waals surface area (Å²) in [6, 6.07) is 2.17. The number of aryl methyl sites for hydroxylation is 1. The summed E-state index contributed by atoms with van der Waals surface area (Å²) < 4.78 is 7.57. The predicted molar refractivity (Wildman–Crippen MR) is 81.3 cm³/mol. The molecule has 18 heavy (non-hydrogen) atoms. The fourth-order valence-corrected chi connectivity index (χ4v) is 3.71. The van der Waals surface area contributed by atoms with Gasteiger partial charge in [0.15, 0.2) is 8.32 Å². The van der Waals surface area contributed by atoms with E-state index in [1.165, 1.54) is 11.3 Å². The van der Waals surface area contributed by atoms with E-state index in [0.717, 1.165) is 17.3 Å². The number of nitrogens with zero attached hydrogens (tertiary/aromatic N) is 1. The second-order valence-electron chi connectivity index (χ2n) is 6.59. The average molecular weight is 328 g/mol. The van der Waals surface area contributed by atoms with Crippen LogP contribution in [-0.2, 0) is 10.8 Å². The first-order valence-corrected chi connectivity index (χ1v) is 10.2. The zero-order valence-electron chi connectivity index (χ0n) is 11.9. The molecule has 0 fully saturated rings. The molecule has 0 radical (unpaired) electrons. The second kappa shape index (κ2) is 4.73. The van der Waals surface area contributed by atoms with E-state index in [-0.39, 0.29) is 11.1 Å². The molecule has 1 unspecified atom stereocenters. The number of hydrogen-bond donors (Lipinski definition) is 0. The Morgan fingerprint density at radius 3 is 2.67 bits per heavy atom. The van der Waals surface area contributed by atoms with Gasteiger partial charge < -0.3 is 4.43 Å². The van der Waals surface area contributed by atoms with Crippen LogP contribution >= 0.6 is 15.9 Å². The topological polar surface area (TPSA) is 22.1 Å². The third-order valence-corrected chi connectivity index (χ3v) is 9.12. The van der Waals surface area contributed by atoms with Gasteiger partial charge in [0, 0.05) is 21.9 Å². The quantitative estimate of drug-likeness (QED) is 0.724. The fraction of sp³-hybridized carbons (Fsp3) is 0.643. The van der Waals surface area contributed by atoms with Gasteiger partial charge in [0.2, 0.25) is 0 Å². The lowest BCUT2D eigenvalue weighted by atomic mass is 10.2. The molecule has 0 aliphatic heterocycles. The van der Waals surface area contributed by atoms with Crippen LogP contribution in [0.3, 0.4) is 0 Å². The zero-order chi connectivity index (χ0) is 13.6. The monoisotopic (exact) mass is 327 g/mol. The largest absolute Gasteiger partial charge is 0.410 e. The standard InChI is InChI=1S/C14H22BrNOSi/c1-14(2,3)18(4,5)17-13-7-6-12-11(13)8-10(15)9-16-12/h8-9,13H,6-7H2,1-5H3. The minimum Gasteiger partial charge on any atom is -0.410 e. The summed E-state index contributed by atoms with van der Waals surface area (Å²) in [6.45, 7) is 11.5. The molecule has 4 heteroatoms. The molecule has 0 bridgehead atoms. The highest BCUT2D eigenvalue weighted by Gasteiger charge is 2.40. The lowest BCUT2D eigenvalue weighted by Gasteiger charge is -2.38. The lowest BCUT2D eigenvalue weighted by Crippen LogP contribution is -2.41. The molecule has 1 aromatic rings. The van der Waals surface area contributed by atoms with Crippen molar-refractivity contribution < 1.29 is 4.43 Å². The van der Waals surface area contributed by atoms with E-state index >= 15 is 0 Å². The van der Waals surface area contributed by atoms with Crippen LogP contribution in [0.2, 0.25) is 18.1 Å². The number of aromatic nitrogens is 1. The molecule has 1 heterocycles. The van der Waals surface area contributed by atoms with Gasteiger partial charge in [0.1, 0.15) is 0 Å². The molecular formula is C14H22BrNOSi. The van der Waals surface area contributed by atoms with Gasteiger partial charge in [-0.1, -0.05) is 20.8 Å². The first-order valence-electron chi connectivity index (χ1n) is 6.53. The van der Waals surface area contributed by atoms with Crippen molar-refractivity contribution in [1.82, 2.24) is 4.98 Å². The number of halogens is 1. The molecule has 0 amide bonds. The van der Waals surface area contributed by atoms with Crippen LogP contribution < -0.4 is 0 Å². The summed E-state index contributed by atoms with van der Waals surface area (Å²) in [5, 5.41) is 0.259. The third-order valence-electron chi connectivity index (χ3n) is 4.20. The molecule has 2 rings (SSSR count). The number of rotatable bonds is 2. The first-order chi connectivity index (χ1) is 8.21. The molecule has 1 aromatic heterocycles. The highest BCUT2D eigenvalue weighted by molar-refractivity contribution is 9.10. The summed E-state index contributed by atoms with van der Waals surface area (Å²) >= 11 is 3.50. The SMILES string of the molecule is CC(C)(C)[Si](C)(C)OC1CCc2ncc(Br)cc21. The summed E-state index contributed by atoms with van der Waals surface area (Å²) in [4.78, 5) is 4.49. The van der Waals surface area contributed by atoms with Crippen LogP contribution in [0.1, 0.15) is 44.6 Å². The van der Waals surface area contributed by atoms with Crippen LogP contribution in [0, 0.1) is 0 Å². The molecule has 0 aromatic carbocycles. The molecule has 0 saturated carbocycles. The van der Waals surface area contributed by atoms with Gasteiger partial charge in [0.05, 0.1) is 6.10 Å².